The molecule has 0 radical (unpaired) electrons. The summed E-state index contributed by atoms with van der Waals surface area (Å²) in [5.41, 5.74) is -0.187. The fourth-order valence-corrected chi connectivity index (χ4v) is 2.12. The number of carbonyl (C=O) groups excluding carboxylic acids is 1. The van der Waals surface area contributed by atoms with Crippen LogP contribution in [0.4, 0.5) is 13.2 Å². The van der Waals surface area contributed by atoms with Crippen molar-refractivity contribution in [1.82, 2.24) is 4.90 Å². The van der Waals surface area contributed by atoms with Crippen molar-refractivity contribution >= 4 is 5.97 Å². The summed E-state index contributed by atoms with van der Waals surface area (Å²) in [5.74, 6) is 5.28. The molecular weight excluding hydrogens is 311 g/mol. The van der Waals surface area contributed by atoms with E-state index >= 15 is 0 Å². The number of esters is 1. The van der Waals surface area contributed by atoms with Crippen LogP contribution >= 0.6 is 0 Å². The SMILES string of the molecule is COC(=O)C1CN(CC#Cc2ccc(C(F)(F)F)cc2)CCO1. The molecule has 1 aliphatic heterocycles. The maximum Gasteiger partial charge on any atom is 0.416 e. The van der Waals surface area contributed by atoms with E-state index < -0.39 is 23.8 Å². The highest BCUT2D eigenvalue weighted by Crippen LogP contribution is 2.28. The first-order valence-corrected chi connectivity index (χ1v) is 6.98. The number of hydrogen-bond acceptors (Lipinski definition) is 4. The summed E-state index contributed by atoms with van der Waals surface area (Å²) in [6.07, 6.45) is -4.97. The number of alkyl halides is 3. The fraction of sp³-hybridized carbons (Fsp3) is 0.438. The van der Waals surface area contributed by atoms with Crippen molar-refractivity contribution in [3.05, 3.63) is 35.4 Å². The molecule has 4 nitrogen and oxygen atoms in total. The molecule has 0 bridgehead atoms. The molecular formula is C16H16F3NO3. The number of methoxy groups -OCH3 is 1. The third-order valence-electron chi connectivity index (χ3n) is 3.36. The van der Waals surface area contributed by atoms with Crippen LogP contribution in [0.5, 0.6) is 0 Å². The first kappa shape index (κ1) is 17.3. The highest BCUT2D eigenvalue weighted by Gasteiger charge is 2.30. The summed E-state index contributed by atoms with van der Waals surface area (Å²) in [7, 11) is 1.30. The molecule has 0 aromatic heterocycles. The van der Waals surface area contributed by atoms with Crippen LogP contribution in [0.2, 0.25) is 0 Å². The Hall–Kier alpha value is -2.04. The average molecular weight is 327 g/mol. The Labute approximate surface area is 132 Å². The van der Waals surface area contributed by atoms with Gasteiger partial charge in [-0.05, 0) is 24.3 Å². The molecule has 7 heteroatoms. The summed E-state index contributed by atoms with van der Waals surface area (Å²) in [4.78, 5) is 13.4. The van der Waals surface area contributed by atoms with Crippen LogP contribution in [0.15, 0.2) is 24.3 Å². The number of nitrogens with zero attached hydrogens (tertiary/aromatic N) is 1. The van der Waals surface area contributed by atoms with E-state index in [0.717, 1.165) is 12.1 Å². The van der Waals surface area contributed by atoms with Crippen molar-refractivity contribution in [1.29, 1.82) is 0 Å². The second kappa shape index (κ2) is 7.49. The van der Waals surface area contributed by atoms with Gasteiger partial charge in [-0.3, -0.25) is 4.90 Å². The molecule has 0 spiro atoms. The molecule has 1 saturated heterocycles. The van der Waals surface area contributed by atoms with E-state index in [4.69, 9.17) is 4.74 Å². The molecule has 1 fully saturated rings. The lowest BCUT2D eigenvalue weighted by atomic mass is 10.1. The molecule has 0 N–H and O–H groups in total. The molecule has 1 aliphatic rings. The van der Waals surface area contributed by atoms with Crippen molar-refractivity contribution in [3.8, 4) is 11.8 Å². The van der Waals surface area contributed by atoms with Gasteiger partial charge in [-0.25, -0.2) is 4.79 Å². The van der Waals surface area contributed by atoms with E-state index in [-0.39, 0.29) is 0 Å². The Bertz CT molecular complexity index is 602. The smallest absolute Gasteiger partial charge is 0.416 e. The van der Waals surface area contributed by atoms with Crippen molar-refractivity contribution in [2.45, 2.75) is 12.3 Å². The Morgan fingerprint density at radius 2 is 2.09 bits per heavy atom. The van der Waals surface area contributed by atoms with Gasteiger partial charge in [-0.2, -0.15) is 13.2 Å². The Morgan fingerprint density at radius 3 is 2.70 bits per heavy atom. The van der Waals surface area contributed by atoms with Gasteiger partial charge in [-0.1, -0.05) is 11.8 Å². The molecule has 0 amide bonds. The van der Waals surface area contributed by atoms with E-state index in [9.17, 15) is 18.0 Å². The number of hydrogen-bond donors (Lipinski definition) is 0. The lowest BCUT2D eigenvalue weighted by molar-refractivity contribution is -0.159. The van der Waals surface area contributed by atoms with E-state index in [1.165, 1.54) is 19.2 Å². The van der Waals surface area contributed by atoms with Crippen molar-refractivity contribution in [2.75, 3.05) is 33.4 Å². The number of carbonyl (C=O) groups is 1. The zero-order chi connectivity index (χ0) is 16.9. The largest absolute Gasteiger partial charge is 0.467 e. The summed E-state index contributed by atoms with van der Waals surface area (Å²) >= 11 is 0. The number of benzene rings is 1. The van der Waals surface area contributed by atoms with Gasteiger partial charge in [0.05, 0.1) is 25.8 Å². The highest BCUT2D eigenvalue weighted by molar-refractivity contribution is 5.74. The van der Waals surface area contributed by atoms with Crippen molar-refractivity contribution < 1.29 is 27.4 Å². The summed E-state index contributed by atoms with van der Waals surface area (Å²) in [6.45, 7) is 1.82. The summed E-state index contributed by atoms with van der Waals surface area (Å²) in [5, 5.41) is 0. The van der Waals surface area contributed by atoms with Gasteiger partial charge in [0.2, 0.25) is 0 Å². The van der Waals surface area contributed by atoms with E-state index in [1.54, 1.807) is 0 Å². The molecule has 124 valence electrons. The highest BCUT2D eigenvalue weighted by atomic mass is 19.4. The van der Waals surface area contributed by atoms with Crippen LogP contribution in [0.1, 0.15) is 11.1 Å². The molecule has 23 heavy (non-hydrogen) atoms. The summed E-state index contributed by atoms with van der Waals surface area (Å²) < 4.78 is 47.3. The number of morpholine rings is 1. The molecule has 1 unspecified atom stereocenters. The zero-order valence-corrected chi connectivity index (χ0v) is 12.5. The van der Waals surface area contributed by atoms with Crippen LogP contribution in [0.25, 0.3) is 0 Å². The van der Waals surface area contributed by atoms with Gasteiger partial charge in [0.25, 0.3) is 0 Å². The lowest BCUT2D eigenvalue weighted by Gasteiger charge is -2.29. The Balaban J connectivity index is 1.91. The second-order valence-corrected chi connectivity index (χ2v) is 4.99. The number of halogens is 3. The first-order valence-electron chi connectivity index (χ1n) is 6.98. The quantitative estimate of drug-likeness (QED) is 0.615. The Kier molecular flexibility index (Phi) is 5.64. The average Bonchev–Trinajstić information content (AvgIpc) is 2.54. The molecule has 0 saturated carbocycles. The first-order chi connectivity index (χ1) is 10.9. The molecule has 0 aliphatic carbocycles. The minimum Gasteiger partial charge on any atom is -0.467 e. The third kappa shape index (κ3) is 4.98. The van der Waals surface area contributed by atoms with Crippen LogP contribution in [-0.2, 0) is 20.4 Å². The van der Waals surface area contributed by atoms with Gasteiger partial charge < -0.3 is 9.47 Å². The zero-order valence-electron chi connectivity index (χ0n) is 12.5. The second-order valence-electron chi connectivity index (χ2n) is 4.99. The molecule has 1 atom stereocenters. The normalized spacial score (nSPS) is 18.9. The van der Waals surface area contributed by atoms with Gasteiger partial charge >= 0.3 is 12.1 Å². The monoisotopic (exact) mass is 327 g/mol. The van der Waals surface area contributed by atoms with Gasteiger partial charge in [-0.15, -0.1) is 0 Å². The lowest BCUT2D eigenvalue weighted by Crippen LogP contribution is -2.46. The van der Waals surface area contributed by atoms with Gasteiger partial charge in [0.15, 0.2) is 6.10 Å². The minimum absolute atomic E-state index is 0.383. The van der Waals surface area contributed by atoms with Crippen LogP contribution in [-0.4, -0.2) is 50.3 Å². The minimum atomic E-state index is -4.34. The van der Waals surface area contributed by atoms with E-state index in [1.807, 2.05) is 4.90 Å². The summed E-state index contributed by atoms with van der Waals surface area (Å²) in [6, 6.07) is 4.69. The van der Waals surface area contributed by atoms with E-state index in [0.29, 0.717) is 31.8 Å². The predicted octanol–water partition coefficient (Wildman–Crippen LogP) is 1.93. The number of rotatable bonds is 2. The van der Waals surface area contributed by atoms with Crippen LogP contribution in [0, 0.1) is 11.8 Å². The number of ether oxygens (including phenoxy) is 2. The van der Waals surface area contributed by atoms with Gasteiger partial charge in [0.1, 0.15) is 0 Å². The standard InChI is InChI=1S/C16H16F3NO3/c1-22-15(21)14-11-20(9-10-23-14)8-2-3-12-4-6-13(7-5-12)16(17,18)19/h4-7,14H,8-11H2,1H3. The van der Waals surface area contributed by atoms with E-state index in [2.05, 4.69) is 16.6 Å². The van der Waals surface area contributed by atoms with Crippen LogP contribution < -0.4 is 0 Å². The predicted molar refractivity (Wildman–Crippen MR) is 76.5 cm³/mol. The molecule has 2 rings (SSSR count). The Morgan fingerprint density at radius 1 is 1.39 bits per heavy atom. The topological polar surface area (TPSA) is 38.8 Å². The van der Waals surface area contributed by atoms with Gasteiger partial charge in [0, 0.05) is 18.7 Å². The fourth-order valence-electron chi connectivity index (χ4n) is 2.12. The van der Waals surface area contributed by atoms with Crippen LogP contribution in [0.3, 0.4) is 0 Å². The van der Waals surface area contributed by atoms with Crippen molar-refractivity contribution in [3.63, 3.8) is 0 Å². The maximum absolute atomic E-state index is 12.5. The maximum atomic E-state index is 12.5. The molecule has 1 aromatic carbocycles. The van der Waals surface area contributed by atoms with Crippen molar-refractivity contribution in [2.24, 2.45) is 0 Å². The third-order valence-corrected chi connectivity index (χ3v) is 3.36. The molecule has 1 heterocycles. The molecule has 1 aromatic rings.